The van der Waals surface area contributed by atoms with Crippen LogP contribution in [0.3, 0.4) is 0 Å². The van der Waals surface area contributed by atoms with E-state index in [4.69, 9.17) is 12.2 Å². The molecule has 4 aliphatic rings. The Labute approximate surface area is 162 Å². The lowest BCUT2D eigenvalue weighted by Gasteiger charge is -2.59. The van der Waals surface area contributed by atoms with Crippen molar-refractivity contribution in [1.29, 1.82) is 0 Å². The van der Waals surface area contributed by atoms with E-state index in [0.717, 1.165) is 28.9 Å². The zero-order valence-corrected chi connectivity index (χ0v) is 16.9. The zero-order chi connectivity index (χ0) is 18.5. The molecule has 140 valence electrons. The molecule has 4 fully saturated rings. The van der Waals surface area contributed by atoms with E-state index in [9.17, 15) is 4.79 Å². The lowest BCUT2D eigenvalue weighted by atomic mass is 9.48. The van der Waals surface area contributed by atoms with E-state index in [1.807, 2.05) is 32.0 Å². The lowest BCUT2D eigenvalue weighted by Crippen LogP contribution is -2.57. The number of rotatable bonds is 3. The molecule has 2 N–H and O–H groups in total. The van der Waals surface area contributed by atoms with Gasteiger partial charge in [0.15, 0.2) is 5.11 Å². The van der Waals surface area contributed by atoms with Crippen LogP contribution in [0.25, 0.3) is 0 Å². The van der Waals surface area contributed by atoms with Crippen LogP contribution in [0.2, 0.25) is 0 Å². The van der Waals surface area contributed by atoms with Gasteiger partial charge in [-0.25, -0.2) is 0 Å². The normalized spacial score (nSPS) is 33.0. The number of nitrogens with one attached hydrogen (secondary N) is 2. The molecule has 0 heterocycles. The van der Waals surface area contributed by atoms with E-state index in [2.05, 4.69) is 17.6 Å². The number of hydrogen-bond donors (Lipinski definition) is 2. The molecule has 1 aromatic carbocycles. The molecule has 5 rings (SSSR count). The van der Waals surface area contributed by atoms with Crippen molar-refractivity contribution in [3.63, 3.8) is 0 Å². The first kappa shape index (κ1) is 18.0. The maximum Gasteiger partial charge on any atom is 0.257 e. The number of amides is 1. The molecular weight excluding hydrogens is 340 g/mol. The van der Waals surface area contributed by atoms with Crippen molar-refractivity contribution in [3.05, 3.63) is 34.9 Å². The summed E-state index contributed by atoms with van der Waals surface area (Å²) in [7, 11) is 0. The maximum absolute atomic E-state index is 12.6. The molecule has 3 nitrogen and oxygen atoms in total. The molecule has 0 aromatic heterocycles. The van der Waals surface area contributed by atoms with E-state index in [1.54, 1.807) is 0 Å². The van der Waals surface area contributed by atoms with E-state index in [-0.39, 0.29) is 5.91 Å². The first-order valence-electron chi connectivity index (χ1n) is 10.0. The van der Waals surface area contributed by atoms with E-state index in [1.165, 1.54) is 38.5 Å². The molecule has 4 aliphatic carbocycles. The zero-order valence-electron chi connectivity index (χ0n) is 16.1. The van der Waals surface area contributed by atoms with Crippen LogP contribution in [0.15, 0.2) is 18.2 Å². The van der Waals surface area contributed by atoms with Gasteiger partial charge >= 0.3 is 0 Å². The molecule has 1 atom stereocenters. The van der Waals surface area contributed by atoms with E-state index < -0.39 is 0 Å². The first-order chi connectivity index (χ1) is 12.3. The average molecular weight is 371 g/mol. The largest absolute Gasteiger partial charge is 0.359 e. The fourth-order valence-electron chi connectivity index (χ4n) is 6.33. The van der Waals surface area contributed by atoms with Crippen LogP contribution >= 0.6 is 12.2 Å². The lowest BCUT2D eigenvalue weighted by molar-refractivity contribution is -0.0672. The number of aryl methyl sites for hydroxylation is 2. The Morgan fingerprint density at radius 3 is 2.23 bits per heavy atom. The summed E-state index contributed by atoms with van der Waals surface area (Å²) in [6.07, 6.45) is 8.34. The molecule has 4 heteroatoms. The molecule has 0 radical (unpaired) electrons. The van der Waals surface area contributed by atoms with Crippen LogP contribution in [0.1, 0.15) is 66.9 Å². The van der Waals surface area contributed by atoms with Gasteiger partial charge < -0.3 is 5.32 Å². The standard InChI is InChI=1S/C22H30N2OS/c1-13-4-5-19(14(2)6-13)20(25)24-21(26)23-15(3)22-10-16-7-17(11-22)9-18(8-16)12-22/h4-6,15-18H,7-12H2,1-3H3,(H2,23,24,25,26)/t15-,16?,17?,18?,22?/m0/s1. The van der Waals surface area contributed by atoms with Crippen molar-refractivity contribution in [2.24, 2.45) is 23.2 Å². The highest BCUT2D eigenvalue weighted by molar-refractivity contribution is 7.80. The smallest absolute Gasteiger partial charge is 0.257 e. The summed E-state index contributed by atoms with van der Waals surface area (Å²) in [6, 6.07) is 6.20. The summed E-state index contributed by atoms with van der Waals surface area (Å²) < 4.78 is 0. The Bertz CT molecular complexity index is 706. The number of hydrogen-bond acceptors (Lipinski definition) is 2. The Kier molecular flexibility index (Phi) is 4.58. The van der Waals surface area contributed by atoms with E-state index in [0.29, 0.717) is 22.1 Å². The number of carbonyl (C=O) groups excluding carboxylic acids is 1. The molecule has 0 unspecified atom stereocenters. The topological polar surface area (TPSA) is 41.1 Å². The number of thiocarbonyl (C=S) groups is 1. The molecule has 0 saturated heterocycles. The summed E-state index contributed by atoms with van der Waals surface area (Å²) >= 11 is 5.49. The van der Waals surface area contributed by atoms with Crippen LogP contribution < -0.4 is 10.6 Å². The highest BCUT2D eigenvalue weighted by Gasteiger charge is 2.53. The van der Waals surface area contributed by atoms with Gasteiger partial charge in [-0.2, -0.15) is 0 Å². The summed E-state index contributed by atoms with van der Waals surface area (Å²) in [5, 5.41) is 6.84. The second-order valence-electron chi connectivity index (χ2n) is 9.25. The number of carbonyl (C=O) groups is 1. The van der Waals surface area contributed by atoms with Gasteiger partial charge in [0.05, 0.1) is 0 Å². The summed E-state index contributed by atoms with van der Waals surface area (Å²) in [5.41, 5.74) is 3.22. The Hall–Kier alpha value is -1.42. The predicted octanol–water partition coefficient (Wildman–Crippen LogP) is 4.51. The van der Waals surface area contributed by atoms with Crippen LogP contribution in [0.5, 0.6) is 0 Å². The Morgan fingerprint density at radius 2 is 1.69 bits per heavy atom. The Morgan fingerprint density at radius 1 is 1.12 bits per heavy atom. The molecule has 0 spiro atoms. The maximum atomic E-state index is 12.6. The van der Waals surface area contributed by atoms with Crippen LogP contribution in [-0.2, 0) is 0 Å². The number of benzene rings is 1. The van der Waals surface area contributed by atoms with Crippen LogP contribution in [0, 0.1) is 37.0 Å². The van der Waals surface area contributed by atoms with Crippen LogP contribution in [-0.4, -0.2) is 17.1 Å². The molecule has 1 amide bonds. The third-order valence-corrected chi connectivity index (χ3v) is 7.43. The minimum atomic E-state index is -0.113. The summed E-state index contributed by atoms with van der Waals surface area (Å²) in [4.78, 5) is 12.6. The second kappa shape index (κ2) is 6.63. The van der Waals surface area contributed by atoms with Gasteiger partial charge in [-0.3, -0.25) is 10.1 Å². The van der Waals surface area contributed by atoms with Crippen molar-refractivity contribution >= 4 is 23.2 Å². The van der Waals surface area contributed by atoms with Gasteiger partial charge in [0, 0.05) is 11.6 Å². The fraction of sp³-hybridized carbons (Fsp3) is 0.636. The third kappa shape index (κ3) is 3.28. The molecule has 4 bridgehead atoms. The van der Waals surface area contributed by atoms with Gasteiger partial charge in [0.2, 0.25) is 0 Å². The third-order valence-electron chi connectivity index (χ3n) is 7.21. The van der Waals surface area contributed by atoms with Crippen molar-refractivity contribution in [2.75, 3.05) is 0 Å². The minimum Gasteiger partial charge on any atom is -0.359 e. The van der Waals surface area contributed by atoms with Crippen molar-refractivity contribution in [2.45, 2.75) is 65.3 Å². The molecule has 0 aliphatic heterocycles. The predicted molar refractivity (Wildman–Crippen MR) is 109 cm³/mol. The quantitative estimate of drug-likeness (QED) is 0.769. The van der Waals surface area contributed by atoms with Crippen molar-refractivity contribution in [3.8, 4) is 0 Å². The summed E-state index contributed by atoms with van der Waals surface area (Å²) in [6.45, 7) is 6.27. The van der Waals surface area contributed by atoms with Crippen LogP contribution in [0.4, 0.5) is 0 Å². The SMILES string of the molecule is Cc1ccc(C(=O)NC(=S)N[C@@H](C)C23CC4CC(CC(C4)C2)C3)c(C)c1. The van der Waals surface area contributed by atoms with Crippen molar-refractivity contribution < 1.29 is 4.79 Å². The van der Waals surface area contributed by atoms with E-state index >= 15 is 0 Å². The minimum absolute atomic E-state index is 0.113. The second-order valence-corrected chi connectivity index (χ2v) is 9.66. The molecular formula is C22H30N2OS. The first-order valence-corrected chi connectivity index (χ1v) is 10.4. The van der Waals surface area contributed by atoms with Gasteiger partial charge in [-0.15, -0.1) is 0 Å². The summed E-state index contributed by atoms with van der Waals surface area (Å²) in [5.74, 6) is 2.65. The van der Waals surface area contributed by atoms with Gasteiger partial charge in [0.25, 0.3) is 5.91 Å². The molecule has 26 heavy (non-hydrogen) atoms. The molecule has 1 aromatic rings. The van der Waals surface area contributed by atoms with Gasteiger partial charge in [-0.1, -0.05) is 17.7 Å². The fourth-order valence-corrected chi connectivity index (χ4v) is 6.60. The van der Waals surface area contributed by atoms with Crippen molar-refractivity contribution in [1.82, 2.24) is 10.6 Å². The Balaban J connectivity index is 1.39. The average Bonchev–Trinajstić information content (AvgIpc) is 2.53. The monoisotopic (exact) mass is 370 g/mol. The highest BCUT2D eigenvalue weighted by atomic mass is 32.1. The molecule has 4 saturated carbocycles. The van der Waals surface area contributed by atoms with Gasteiger partial charge in [0.1, 0.15) is 0 Å². The van der Waals surface area contributed by atoms with Gasteiger partial charge in [-0.05, 0) is 106 Å². The highest BCUT2D eigenvalue weighted by Crippen LogP contribution is 2.61.